The highest BCUT2D eigenvalue weighted by Crippen LogP contribution is 2.36. The van der Waals surface area contributed by atoms with Crippen LogP contribution in [-0.2, 0) is 22.6 Å². The van der Waals surface area contributed by atoms with E-state index in [9.17, 15) is 9.59 Å². The predicted octanol–water partition coefficient (Wildman–Crippen LogP) is 5.45. The number of carbonyl (C=O) groups excluding carboxylic acids is 2. The van der Waals surface area contributed by atoms with Crippen LogP contribution in [0, 0.1) is 19.8 Å². The van der Waals surface area contributed by atoms with Crippen LogP contribution in [0.1, 0.15) is 45.6 Å². The van der Waals surface area contributed by atoms with Crippen molar-refractivity contribution in [3.8, 4) is 0 Å². The van der Waals surface area contributed by atoms with Gasteiger partial charge in [0.05, 0.1) is 24.7 Å². The van der Waals surface area contributed by atoms with E-state index in [0.717, 1.165) is 29.7 Å². The highest BCUT2D eigenvalue weighted by molar-refractivity contribution is 6.11. The molecule has 1 aliphatic rings. The summed E-state index contributed by atoms with van der Waals surface area (Å²) in [6, 6.07) is 18.2. The van der Waals surface area contributed by atoms with Crippen LogP contribution in [0.15, 0.2) is 60.8 Å². The molecule has 0 unspecified atom stereocenters. The van der Waals surface area contributed by atoms with Crippen LogP contribution in [0.25, 0.3) is 11.0 Å². The third-order valence-corrected chi connectivity index (χ3v) is 6.72. The Bertz CT molecular complexity index is 1440. The molecule has 2 aromatic carbocycles. The molecule has 5 rings (SSSR count). The Kier molecular flexibility index (Phi) is 6.46. The van der Waals surface area contributed by atoms with Crippen LogP contribution in [-0.4, -0.2) is 28.5 Å². The first kappa shape index (κ1) is 23.6. The fraction of sp³-hybridized carbons (Fsp3) is 0.276. The predicted molar refractivity (Wildman–Crippen MR) is 141 cm³/mol. The molecule has 7 nitrogen and oxygen atoms in total. The third-order valence-electron chi connectivity index (χ3n) is 6.72. The Morgan fingerprint density at radius 1 is 1.03 bits per heavy atom. The number of ether oxygens (including phenoxy) is 1. The van der Waals surface area contributed by atoms with Gasteiger partial charge in [0.1, 0.15) is 5.65 Å². The molecule has 1 amide bonds. The molecule has 0 radical (unpaired) electrons. The zero-order valence-corrected chi connectivity index (χ0v) is 20.8. The lowest BCUT2D eigenvalue weighted by atomic mass is 10.1. The lowest BCUT2D eigenvalue weighted by Gasteiger charge is -2.11. The van der Waals surface area contributed by atoms with Crippen molar-refractivity contribution in [3.63, 3.8) is 0 Å². The lowest BCUT2D eigenvalue weighted by Crippen LogP contribution is -2.18. The van der Waals surface area contributed by atoms with Crippen LogP contribution >= 0.6 is 0 Å². The van der Waals surface area contributed by atoms with E-state index in [-0.39, 0.29) is 11.8 Å². The summed E-state index contributed by atoms with van der Waals surface area (Å²) in [6.07, 6.45) is 3.49. The van der Waals surface area contributed by atoms with Crippen LogP contribution in [0.3, 0.4) is 0 Å². The number of amides is 1. The van der Waals surface area contributed by atoms with Gasteiger partial charge in [-0.3, -0.25) is 4.79 Å². The average Bonchev–Trinajstić information content (AvgIpc) is 3.70. The van der Waals surface area contributed by atoms with Gasteiger partial charge >= 0.3 is 5.97 Å². The molecule has 2 heterocycles. The number of esters is 1. The second-order valence-electron chi connectivity index (χ2n) is 9.42. The molecule has 7 heteroatoms. The summed E-state index contributed by atoms with van der Waals surface area (Å²) in [5.41, 5.74) is 6.84. The molecule has 4 aromatic rings. The van der Waals surface area contributed by atoms with Crippen LogP contribution in [0.4, 0.5) is 11.4 Å². The second-order valence-corrected chi connectivity index (χ2v) is 9.42. The molecule has 2 N–H and O–H groups in total. The van der Waals surface area contributed by atoms with Gasteiger partial charge in [0.2, 0.25) is 5.91 Å². The number of aromatic nitrogens is 2. The van der Waals surface area contributed by atoms with Crippen molar-refractivity contribution in [3.05, 3.63) is 88.7 Å². The molecule has 36 heavy (non-hydrogen) atoms. The van der Waals surface area contributed by atoms with E-state index >= 15 is 0 Å². The summed E-state index contributed by atoms with van der Waals surface area (Å²) >= 11 is 0. The Hall–Kier alpha value is -4.13. The normalized spacial score (nSPS) is 13.0. The van der Waals surface area contributed by atoms with E-state index in [1.54, 1.807) is 6.20 Å². The van der Waals surface area contributed by atoms with Gasteiger partial charge in [-0.15, -0.1) is 0 Å². The van der Waals surface area contributed by atoms with E-state index in [1.807, 2.05) is 41.0 Å². The summed E-state index contributed by atoms with van der Waals surface area (Å²) in [5.74, 6) is -0.603. The molecule has 1 aliphatic carbocycles. The second kappa shape index (κ2) is 9.85. The van der Waals surface area contributed by atoms with E-state index in [1.165, 1.54) is 18.2 Å². The summed E-state index contributed by atoms with van der Waals surface area (Å²) in [7, 11) is 1.35. The summed E-state index contributed by atoms with van der Waals surface area (Å²) < 4.78 is 6.97. The van der Waals surface area contributed by atoms with Crippen molar-refractivity contribution < 1.29 is 14.3 Å². The van der Waals surface area contributed by atoms with Crippen LogP contribution < -0.4 is 10.6 Å². The van der Waals surface area contributed by atoms with Crippen molar-refractivity contribution in [2.24, 2.45) is 5.92 Å². The Labute approximate surface area is 210 Å². The number of rotatable bonds is 8. The van der Waals surface area contributed by atoms with Gasteiger partial charge in [-0.1, -0.05) is 48.5 Å². The van der Waals surface area contributed by atoms with Gasteiger partial charge in [0.25, 0.3) is 0 Å². The van der Waals surface area contributed by atoms with Crippen molar-refractivity contribution >= 4 is 34.3 Å². The number of carbonyl (C=O) groups is 2. The van der Waals surface area contributed by atoms with E-state index in [0.29, 0.717) is 35.5 Å². The summed E-state index contributed by atoms with van der Waals surface area (Å²) in [6.45, 7) is 5.25. The SMILES string of the molecule is COC(=O)c1c(NC(=O)C2CC2)c2cc(NCc3ccc(C)c(C)c3)cnc2n1Cc1ccccc1. The number of aryl methyl sites for hydroxylation is 2. The number of anilines is 2. The zero-order valence-electron chi connectivity index (χ0n) is 20.8. The fourth-order valence-electron chi connectivity index (χ4n) is 4.37. The molecule has 1 saturated carbocycles. The van der Waals surface area contributed by atoms with Gasteiger partial charge in [-0.2, -0.15) is 0 Å². The molecular formula is C29H30N4O3. The van der Waals surface area contributed by atoms with Crippen molar-refractivity contribution in [1.29, 1.82) is 0 Å². The molecule has 0 atom stereocenters. The first-order valence-corrected chi connectivity index (χ1v) is 12.2. The number of hydrogen-bond donors (Lipinski definition) is 2. The number of hydrogen-bond acceptors (Lipinski definition) is 5. The van der Waals surface area contributed by atoms with Gasteiger partial charge in [-0.05, 0) is 55.0 Å². The first-order valence-electron chi connectivity index (χ1n) is 12.2. The molecular weight excluding hydrogens is 452 g/mol. The quantitative estimate of drug-likeness (QED) is 0.326. The topological polar surface area (TPSA) is 85.2 Å². The number of nitrogens with one attached hydrogen (secondary N) is 2. The van der Waals surface area contributed by atoms with E-state index in [4.69, 9.17) is 9.72 Å². The van der Waals surface area contributed by atoms with Crippen molar-refractivity contribution in [2.75, 3.05) is 17.7 Å². The molecule has 0 spiro atoms. The molecule has 184 valence electrons. The molecule has 0 bridgehead atoms. The summed E-state index contributed by atoms with van der Waals surface area (Å²) in [5, 5.41) is 7.16. The van der Waals surface area contributed by atoms with Crippen LogP contribution in [0.2, 0.25) is 0 Å². The number of fused-ring (bicyclic) bond motifs is 1. The van der Waals surface area contributed by atoms with Gasteiger partial charge in [0.15, 0.2) is 5.69 Å². The average molecular weight is 483 g/mol. The standard InChI is InChI=1S/C29H30N4O3/c1-18-9-10-21(13-19(18)2)15-30-23-14-24-25(32-28(34)22-11-12-22)26(29(35)36-3)33(27(24)31-16-23)17-20-7-5-4-6-8-20/h4-10,13-14,16,22,30H,11-12,15,17H2,1-3H3,(H,32,34). The first-order chi connectivity index (χ1) is 17.4. The number of nitrogens with zero attached hydrogens (tertiary/aromatic N) is 2. The minimum atomic E-state index is -0.514. The Morgan fingerprint density at radius 2 is 1.81 bits per heavy atom. The van der Waals surface area contributed by atoms with Gasteiger partial charge in [-0.25, -0.2) is 9.78 Å². The van der Waals surface area contributed by atoms with Crippen LogP contribution in [0.5, 0.6) is 0 Å². The van der Waals surface area contributed by atoms with Crippen molar-refractivity contribution in [2.45, 2.75) is 39.8 Å². The highest BCUT2D eigenvalue weighted by atomic mass is 16.5. The number of benzene rings is 2. The lowest BCUT2D eigenvalue weighted by molar-refractivity contribution is -0.117. The Balaban J connectivity index is 1.57. The van der Waals surface area contributed by atoms with Crippen molar-refractivity contribution in [1.82, 2.24) is 9.55 Å². The zero-order chi connectivity index (χ0) is 25.2. The smallest absolute Gasteiger partial charge is 0.356 e. The largest absolute Gasteiger partial charge is 0.464 e. The molecule has 0 aliphatic heterocycles. The minimum Gasteiger partial charge on any atom is -0.464 e. The summed E-state index contributed by atoms with van der Waals surface area (Å²) in [4.78, 5) is 30.5. The molecule has 0 saturated heterocycles. The van der Waals surface area contributed by atoms with Gasteiger partial charge in [0, 0.05) is 24.4 Å². The number of methoxy groups -OCH3 is 1. The molecule has 1 fully saturated rings. The minimum absolute atomic E-state index is 0.0120. The third kappa shape index (κ3) is 4.82. The monoisotopic (exact) mass is 482 g/mol. The fourth-order valence-corrected chi connectivity index (χ4v) is 4.37. The maximum absolute atomic E-state index is 13.0. The molecule has 2 aromatic heterocycles. The maximum Gasteiger partial charge on any atom is 0.356 e. The van der Waals surface area contributed by atoms with Gasteiger partial charge < -0.3 is 19.9 Å². The number of pyridine rings is 1. The Morgan fingerprint density at radius 3 is 2.50 bits per heavy atom. The van der Waals surface area contributed by atoms with E-state index in [2.05, 4.69) is 42.7 Å². The highest BCUT2D eigenvalue weighted by Gasteiger charge is 2.33. The van der Waals surface area contributed by atoms with E-state index < -0.39 is 5.97 Å². The maximum atomic E-state index is 13.0.